The summed E-state index contributed by atoms with van der Waals surface area (Å²) in [6.07, 6.45) is 1.18. The highest BCUT2D eigenvalue weighted by molar-refractivity contribution is 5.97. The molecule has 2 aromatic rings. The maximum absolute atomic E-state index is 12.9. The molecule has 8 heteroatoms. The highest BCUT2D eigenvalue weighted by Gasteiger charge is 2.20. The van der Waals surface area contributed by atoms with Crippen molar-refractivity contribution in [1.29, 1.82) is 0 Å². The summed E-state index contributed by atoms with van der Waals surface area (Å²) in [5.41, 5.74) is 2.03. The maximum atomic E-state index is 12.9. The van der Waals surface area contributed by atoms with Gasteiger partial charge in [0.25, 0.3) is 0 Å². The van der Waals surface area contributed by atoms with E-state index in [1.807, 2.05) is 6.92 Å². The highest BCUT2D eigenvalue weighted by Crippen LogP contribution is 2.17. The standard InChI is InChI=1S/C22H27FN4O3/c1-4-5-20(26-22(30)24-14-16-6-8-17(23)9-7-16)21(29)25-18-10-12-19(13-11-18)27(3)15(2)28/h6-13,20H,4-5,14H2,1-3H3,(H,25,29)(H2,24,26,30). The Hall–Kier alpha value is -3.42. The molecule has 0 heterocycles. The summed E-state index contributed by atoms with van der Waals surface area (Å²) in [5.74, 6) is -0.768. The number of carbonyl (C=O) groups excluding carboxylic acids is 3. The van der Waals surface area contributed by atoms with E-state index in [2.05, 4.69) is 16.0 Å². The molecular weight excluding hydrogens is 387 g/mol. The largest absolute Gasteiger partial charge is 0.334 e. The van der Waals surface area contributed by atoms with Gasteiger partial charge in [0.15, 0.2) is 0 Å². The van der Waals surface area contributed by atoms with Crippen LogP contribution in [-0.4, -0.2) is 30.9 Å². The lowest BCUT2D eigenvalue weighted by molar-refractivity contribution is -0.118. The quantitative estimate of drug-likeness (QED) is 0.618. The molecule has 4 amide bonds. The smallest absolute Gasteiger partial charge is 0.315 e. The lowest BCUT2D eigenvalue weighted by atomic mass is 10.1. The van der Waals surface area contributed by atoms with Crippen LogP contribution in [0.25, 0.3) is 0 Å². The molecule has 30 heavy (non-hydrogen) atoms. The summed E-state index contributed by atoms with van der Waals surface area (Å²) in [5, 5.41) is 8.12. The second kappa shape index (κ2) is 10.9. The number of nitrogens with one attached hydrogen (secondary N) is 3. The number of anilines is 2. The van der Waals surface area contributed by atoms with E-state index < -0.39 is 12.1 Å². The van der Waals surface area contributed by atoms with Gasteiger partial charge in [0, 0.05) is 31.9 Å². The molecule has 160 valence electrons. The van der Waals surface area contributed by atoms with E-state index >= 15 is 0 Å². The van der Waals surface area contributed by atoms with Gasteiger partial charge in [-0.25, -0.2) is 9.18 Å². The number of halogens is 1. The molecule has 0 radical (unpaired) electrons. The third kappa shape index (κ3) is 6.88. The number of carbonyl (C=O) groups is 3. The zero-order valence-corrected chi connectivity index (χ0v) is 17.4. The Balaban J connectivity index is 1.92. The second-order valence-electron chi connectivity index (χ2n) is 6.91. The number of nitrogens with zero attached hydrogens (tertiary/aromatic N) is 1. The van der Waals surface area contributed by atoms with E-state index in [-0.39, 0.29) is 24.2 Å². The molecule has 2 aromatic carbocycles. The van der Waals surface area contributed by atoms with Crippen molar-refractivity contribution in [3.63, 3.8) is 0 Å². The van der Waals surface area contributed by atoms with Crippen LogP contribution in [0.1, 0.15) is 32.3 Å². The van der Waals surface area contributed by atoms with Crippen LogP contribution in [0.5, 0.6) is 0 Å². The summed E-state index contributed by atoms with van der Waals surface area (Å²) >= 11 is 0. The molecule has 0 saturated heterocycles. The van der Waals surface area contributed by atoms with Crippen LogP contribution in [0, 0.1) is 5.82 Å². The number of hydrogen-bond acceptors (Lipinski definition) is 3. The average Bonchev–Trinajstić information content (AvgIpc) is 2.73. The number of benzene rings is 2. The molecule has 1 unspecified atom stereocenters. The molecule has 0 aliphatic heterocycles. The monoisotopic (exact) mass is 414 g/mol. The van der Waals surface area contributed by atoms with Crippen LogP contribution in [0.2, 0.25) is 0 Å². The van der Waals surface area contributed by atoms with E-state index in [1.54, 1.807) is 43.4 Å². The fraction of sp³-hybridized carbons (Fsp3) is 0.318. The first-order valence-electron chi connectivity index (χ1n) is 9.74. The van der Waals surface area contributed by atoms with Crippen molar-refractivity contribution in [2.75, 3.05) is 17.3 Å². The summed E-state index contributed by atoms with van der Waals surface area (Å²) in [7, 11) is 1.67. The first-order valence-corrected chi connectivity index (χ1v) is 9.74. The van der Waals surface area contributed by atoms with Crippen molar-refractivity contribution in [2.45, 2.75) is 39.3 Å². The van der Waals surface area contributed by atoms with Crippen LogP contribution in [0.4, 0.5) is 20.6 Å². The van der Waals surface area contributed by atoms with Crippen molar-refractivity contribution >= 4 is 29.2 Å². The van der Waals surface area contributed by atoms with Crippen molar-refractivity contribution in [3.05, 3.63) is 59.9 Å². The minimum Gasteiger partial charge on any atom is -0.334 e. The molecule has 3 N–H and O–H groups in total. The fourth-order valence-corrected chi connectivity index (χ4v) is 2.73. The molecule has 0 spiro atoms. The molecule has 7 nitrogen and oxygen atoms in total. The predicted octanol–water partition coefficient (Wildman–Crippen LogP) is 3.42. The number of amides is 4. The Morgan fingerprint density at radius 3 is 2.23 bits per heavy atom. The Bertz CT molecular complexity index is 869. The van der Waals surface area contributed by atoms with Crippen LogP contribution in [0.3, 0.4) is 0 Å². The molecule has 0 fully saturated rings. The van der Waals surface area contributed by atoms with Crippen LogP contribution in [0.15, 0.2) is 48.5 Å². The summed E-state index contributed by atoms with van der Waals surface area (Å²) in [4.78, 5) is 37.7. The van der Waals surface area contributed by atoms with E-state index in [9.17, 15) is 18.8 Å². The third-order valence-electron chi connectivity index (χ3n) is 4.56. The second-order valence-corrected chi connectivity index (χ2v) is 6.91. The number of hydrogen-bond donors (Lipinski definition) is 3. The van der Waals surface area contributed by atoms with Crippen LogP contribution in [-0.2, 0) is 16.1 Å². The third-order valence-corrected chi connectivity index (χ3v) is 4.56. The van der Waals surface area contributed by atoms with Crippen molar-refractivity contribution < 1.29 is 18.8 Å². The zero-order chi connectivity index (χ0) is 22.1. The first kappa shape index (κ1) is 22.9. The van der Waals surface area contributed by atoms with Crippen LogP contribution < -0.4 is 20.9 Å². The van der Waals surface area contributed by atoms with Gasteiger partial charge in [-0.3, -0.25) is 9.59 Å². The molecular formula is C22H27FN4O3. The first-order chi connectivity index (χ1) is 14.3. The lowest BCUT2D eigenvalue weighted by Gasteiger charge is -2.19. The summed E-state index contributed by atoms with van der Waals surface area (Å²) < 4.78 is 12.9. The van der Waals surface area contributed by atoms with E-state index in [0.717, 1.165) is 5.56 Å². The molecule has 0 bridgehead atoms. The van der Waals surface area contributed by atoms with Crippen molar-refractivity contribution in [2.24, 2.45) is 0 Å². The van der Waals surface area contributed by atoms with Gasteiger partial charge in [0.2, 0.25) is 11.8 Å². The van der Waals surface area contributed by atoms with Crippen LogP contribution >= 0.6 is 0 Å². The molecule has 1 atom stereocenters. The normalized spacial score (nSPS) is 11.3. The predicted molar refractivity (Wildman–Crippen MR) is 115 cm³/mol. The Morgan fingerprint density at radius 1 is 1.03 bits per heavy atom. The minimum atomic E-state index is -0.706. The molecule has 0 saturated carbocycles. The van der Waals surface area contributed by atoms with Gasteiger partial charge in [-0.15, -0.1) is 0 Å². The maximum Gasteiger partial charge on any atom is 0.315 e. The minimum absolute atomic E-state index is 0.0920. The Kier molecular flexibility index (Phi) is 8.34. The topological polar surface area (TPSA) is 90.5 Å². The summed E-state index contributed by atoms with van der Waals surface area (Å²) in [6.45, 7) is 3.61. The number of rotatable bonds is 8. The van der Waals surface area contributed by atoms with Gasteiger partial charge in [-0.1, -0.05) is 25.5 Å². The molecule has 2 rings (SSSR count). The van der Waals surface area contributed by atoms with E-state index in [1.165, 1.54) is 24.0 Å². The molecule has 0 aromatic heterocycles. The van der Waals surface area contributed by atoms with Gasteiger partial charge in [0.05, 0.1) is 0 Å². The molecule has 0 aliphatic rings. The van der Waals surface area contributed by atoms with Crippen molar-refractivity contribution in [1.82, 2.24) is 10.6 Å². The zero-order valence-electron chi connectivity index (χ0n) is 17.4. The van der Waals surface area contributed by atoms with E-state index in [0.29, 0.717) is 24.2 Å². The summed E-state index contributed by atoms with van der Waals surface area (Å²) in [6, 6.07) is 11.5. The lowest BCUT2D eigenvalue weighted by Crippen LogP contribution is -2.47. The molecule has 0 aliphatic carbocycles. The highest BCUT2D eigenvalue weighted by atomic mass is 19.1. The van der Waals surface area contributed by atoms with E-state index in [4.69, 9.17) is 0 Å². The van der Waals surface area contributed by atoms with Gasteiger partial charge in [-0.05, 0) is 48.4 Å². The van der Waals surface area contributed by atoms with Gasteiger partial charge >= 0.3 is 6.03 Å². The Labute approximate surface area is 175 Å². The average molecular weight is 414 g/mol. The SMILES string of the molecule is CCCC(NC(=O)NCc1ccc(F)cc1)C(=O)Nc1ccc(N(C)C(C)=O)cc1. The fourth-order valence-electron chi connectivity index (χ4n) is 2.73. The number of urea groups is 1. The van der Waals surface area contributed by atoms with Gasteiger partial charge in [-0.2, -0.15) is 0 Å². The van der Waals surface area contributed by atoms with Gasteiger partial charge < -0.3 is 20.9 Å². The Morgan fingerprint density at radius 2 is 1.67 bits per heavy atom. The van der Waals surface area contributed by atoms with Gasteiger partial charge in [0.1, 0.15) is 11.9 Å². The van der Waals surface area contributed by atoms with Crippen molar-refractivity contribution in [3.8, 4) is 0 Å².